The Balaban J connectivity index is 2.84. The van der Waals surface area contributed by atoms with Crippen LogP contribution in [0.2, 0.25) is 0 Å². The van der Waals surface area contributed by atoms with Gasteiger partial charge in [-0.3, -0.25) is 9.59 Å². The largest absolute Gasteiger partial charge is 0.493 e. The second-order valence-electron chi connectivity index (χ2n) is 5.64. The van der Waals surface area contributed by atoms with Crippen LogP contribution >= 0.6 is 15.9 Å². The van der Waals surface area contributed by atoms with Gasteiger partial charge in [0.05, 0.1) is 18.8 Å². The van der Waals surface area contributed by atoms with Crippen molar-refractivity contribution in [1.29, 1.82) is 0 Å². The maximum atomic E-state index is 12.6. The SMILES string of the molecule is CCOC(=O)CN(C)C(=O)c1cc(Br)ccc1OCCC(C)C. The fourth-order valence-corrected chi connectivity index (χ4v) is 2.24. The molecule has 0 saturated carbocycles. The van der Waals surface area contributed by atoms with E-state index in [0.717, 1.165) is 10.9 Å². The number of hydrogen-bond acceptors (Lipinski definition) is 4. The third kappa shape index (κ3) is 6.60. The molecule has 1 aromatic rings. The van der Waals surface area contributed by atoms with E-state index < -0.39 is 5.97 Å². The number of benzene rings is 1. The molecule has 0 aliphatic rings. The van der Waals surface area contributed by atoms with Crippen LogP contribution in [0.5, 0.6) is 5.75 Å². The van der Waals surface area contributed by atoms with Gasteiger partial charge in [-0.1, -0.05) is 29.8 Å². The minimum absolute atomic E-state index is 0.0926. The van der Waals surface area contributed by atoms with Gasteiger partial charge in [-0.2, -0.15) is 0 Å². The Kier molecular flexibility index (Phi) is 8.09. The number of nitrogens with zero attached hydrogens (tertiary/aromatic N) is 1. The third-order valence-corrected chi connectivity index (χ3v) is 3.64. The molecule has 1 amide bonds. The van der Waals surface area contributed by atoms with E-state index in [0.29, 0.717) is 30.4 Å². The molecule has 0 aromatic heterocycles. The smallest absolute Gasteiger partial charge is 0.325 e. The van der Waals surface area contributed by atoms with Crippen LogP contribution < -0.4 is 4.74 Å². The summed E-state index contributed by atoms with van der Waals surface area (Å²) in [5.74, 6) is 0.338. The first-order valence-electron chi connectivity index (χ1n) is 7.68. The molecule has 0 radical (unpaired) electrons. The number of halogens is 1. The van der Waals surface area contributed by atoms with Crippen molar-refractivity contribution >= 4 is 27.8 Å². The number of rotatable bonds is 8. The molecule has 1 aromatic carbocycles. The first-order chi connectivity index (χ1) is 10.8. The van der Waals surface area contributed by atoms with Crippen LogP contribution in [0.15, 0.2) is 22.7 Å². The summed E-state index contributed by atoms with van der Waals surface area (Å²) < 4.78 is 11.4. The van der Waals surface area contributed by atoms with Crippen molar-refractivity contribution < 1.29 is 19.1 Å². The minimum atomic E-state index is -0.430. The van der Waals surface area contributed by atoms with Crippen molar-refractivity contribution in [2.24, 2.45) is 5.92 Å². The standard InChI is InChI=1S/C17H24BrNO4/c1-5-22-16(20)11-19(4)17(21)14-10-13(18)6-7-15(14)23-9-8-12(2)3/h6-7,10,12H,5,8-9,11H2,1-4H3. The number of likely N-dealkylation sites (N-methyl/N-ethyl adjacent to an activating group) is 1. The van der Waals surface area contributed by atoms with Crippen LogP contribution in [-0.4, -0.2) is 43.6 Å². The van der Waals surface area contributed by atoms with Crippen molar-refractivity contribution in [3.63, 3.8) is 0 Å². The van der Waals surface area contributed by atoms with Gasteiger partial charge in [0.2, 0.25) is 0 Å². The molecule has 0 atom stereocenters. The summed E-state index contributed by atoms with van der Waals surface area (Å²) in [6.45, 7) is 6.70. The van der Waals surface area contributed by atoms with E-state index >= 15 is 0 Å². The molecule has 0 fully saturated rings. The predicted molar refractivity (Wildman–Crippen MR) is 92.7 cm³/mol. The van der Waals surface area contributed by atoms with Crippen molar-refractivity contribution in [3.8, 4) is 5.75 Å². The number of carbonyl (C=O) groups is 2. The van der Waals surface area contributed by atoms with E-state index in [2.05, 4.69) is 29.8 Å². The average Bonchev–Trinajstić information content (AvgIpc) is 2.47. The first-order valence-corrected chi connectivity index (χ1v) is 8.47. The maximum Gasteiger partial charge on any atom is 0.325 e. The van der Waals surface area contributed by atoms with Crippen molar-refractivity contribution in [3.05, 3.63) is 28.2 Å². The molecular formula is C17H24BrNO4. The van der Waals surface area contributed by atoms with Crippen LogP contribution in [0.1, 0.15) is 37.6 Å². The molecule has 0 unspecified atom stereocenters. The number of amides is 1. The van der Waals surface area contributed by atoms with Gasteiger partial charge in [-0.05, 0) is 37.5 Å². The lowest BCUT2D eigenvalue weighted by atomic mass is 10.1. The highest BCUT2D eigenvalue weighted by Gasteiger charge is 2.20. The molecule has 0 heterocycles. The normalized spacial score (nSPS) is 10.5. The summed E-state index contributed by atoms with van der Waals surface area (Å²) in [4.78, 5) is 25.4. The Morgan fingerprint density at radius 3 is 2.61 bits per heavy atom. The number of ether oxygens (including phenoxy) is 2. The molecule has 0 saturated heterocycles. The first kappa shape index (κ1) is 19.5. The maximum absolute atomic E-state index is 12.6. The number of carbonyl (C=O) groups excluding carboxylic acids is 2. The van der Waals surface area contributed by atoms with Crippen LogP contribution in [0.25, 0.3) is 0 Å². The fraction of sp³-hybridized carbons (Fsp3) is 0.529. The Labute approximate surface area is 146 Å². The summed E-state index contributed by atoms with van der Waals surface area (Å²) in [6.07, 6.45) is 0.905. The van der Waals surface area contributed by atoms with E-state index in [1.807, 2.05) is 6.07 Å². The number of esters is 1. The zero-order chi connectivity index (χ0) is 17.4. The van der Waals surface area contributed by atoms with E-state index in [1.54, 1.807) is 26.1 Å². The highest BCUT2D eigenvalue weighted by molar-refractivity contribution is 9.10. The predicted octanol–water partition coefficient (Wildman–Crippen LogP) is 3.51. The van der Waals surface area contributed by atoms with Gasteiger partial charge < -0.3 is 14.4 Å². The lowest BCUT2D eigenvalue weighted by Gasteiger charge is -2.19. The van der Waals surface area contributed by atoms with Gasteiger partial charge in [0, 0.05) is 11.5 Å². The molecule has 0 spiro atoms. The van der Waals surface area contributed by atoms with Gasteiger partial charge in [0.1, 0.15) is 12.3 Å². The van der Waals surface area contributed by atoms with Crippen molar-refractivity contribution in [2.75, 3.05) is 26.8 Å². The molecule has 23 heavy (non-hydrogen) atoms. The fourth-order valence-electron chi connectivity index (χ4n) is 1.88. The van der Waals surface area contributed by atoms with Gasteiger partial charge in [-0.25, -0.2) is 0 Å². The minimum Gasteiger partial charge on any atom is -0.493 e. The quantitative estimate of drug-likeness (QED) is 0.642. The topological polar surface area (TPSA) is 55.8 Å². The van der Waals surface area contributed by atoms with E-state index in [-0.39, 0.29) is 12.5 Å². The summed E-state index contributed by atoms with van der Waals surface area (Å²) in [7, 11) is 1.57. The molecule has 5 nitrogen and oxygen atoms in total. The zero-order valence-corrected chi connectivity index (χ0v) is 15.7. The summed E-state index contributed by atoms with van der Waals surface area (Å²) in [5, 5.41) is 0. The Hall–Kier alpha value is -1.56. The van der Waals surface area contributed by atoms with Crippen molar-refractivity contribution in [1.82, 2.24) is 4.90 Å². The molecule has 0 aliphatic heterocycles. The van der Waals surface area contributed by atoms with Gasteiger partial charge in [-0.15, -0.1) is 0 Å². The summed E-state index contributed by atoms with van der Waals surface area (Å²) in [5.41, 5.74) is 0.426. The van der Waals surface area contributed by atoms with Crippen molar-refractivity contribution in [2.45, 2.75) is 27.2 Å². The Morgan fingerprint density at radius 1 is 1.30 bits per heavy atom. The Morgan fingerprint density at radius 2 is 2.00 bits per heavy atom. The van der Waals surface area contributed by atoms with Gasteiger partial charge >= 0.3 is 5.97 Å². The lowest BCUT2D eigenvalue weighted by Crippen LogP contribution is -2.33. The molecular weight excluding hydrogens is 362 g/mol. The lowest BCUT2D eigenvalue weighted by molar-refractivity contribution is -0.143. The Bertz CT molecular complexity index is 545. The van der Waals surface area contributed by atoms with Gasteiger partial charge in [0.25, 0.3) is 5.91 Å². The highest BCUT2D eigenvalue weighted by atomic mass is 79.9. The van der Waals surface area contributed by atoms with Crippen LogP contribution in [0.4, 0.5) is 0 Å². The summed E-state index contributed by atoms with van der Waals surface area (Å²) >= 11 is 3.36. The second kappa shape index (κ2) is 9.55. The van der Waals surface area contributed by atoms with E-state index in [1.165, 1.54) is 4.90 Å². The van der Waals surface area contributed by atoms with Crippen LogP contribution in [0.3, 0.4) is 0 Å². The third-order valence-electron chi connectivity index (χ3n) is 3.14. The van der Waals surface area contributed by atoms with Crippen LogP contribution in [-0.2, 0) is 9.53 Å². The number of hydrogen-bond donors (Lipinski definition) is 0. The zero-order valence-electron chi connectivity index (χ0n) is 14.1. The van der Waals surface area contributed by atoms with Crippen LogP contribution in [0, 0.1) is 5.92 Å². The van der Waals surface area contributed by atoms with E-state index in [9.17, 15) is 9.59 Å². The van der Waals surface area contributed by atoms with Gasteiger partial charge in [0.15, 0.2) is 0 Å². The molecule has 128 valence electrons. The second-order valence-corrected chi connectivity index (χ2v) is 6.55. The molecule has 0 bridgehead atoms. The summed E-state index contributed by atoms with van der Waals surface area (Å²) in [6, 6.07) is 5.29. The highest BCUT2D eigenvalue weighted by Crippen LogP contribution is 2.25. The molecule has 6 heteroatoms. The molecule has 0 N–H and O–H groups in total. The monoisotopic (exact) mass is 385 g/mol. The van der Waals surface area contributed by atoms with E-state index in [4.69, 9.17) is 9.47 Å². The molecule has 1 rings (SSSR count). The molecule has 0 aliphatic carbocycles. The average molecular weight is 386 g/mol.